The van der Waals surface area contributed by atoms with Gasteiger partial charge in [0.15, 0.2) is 17.2 Å². The zero-order valence-electron chi connectivity index (χ0n) is 11.5. The lowest BCUT2D eigenvalue weighted by Gasteiger charge is -2.13. The number of methoxy groups -OCH3 is 1. The van der Waals surface area contributed by atoms with E-state index in [1.165, 1.54) is 0 Å². The van der Waals surface area contributed by atoms with Gasteiger partial charge in [0, 0.05) is 6.20 Å². The van der Waals surface area contributed by atoms with Crippen molar-refractivity contribution in [3.05, 3.63) is 42.1 Å². The molecule has 0 fully saturated rings. The Hall–Kier alpha value is -2.27. The lowest BCUT2D eigenvalue weighted by Crippen LogP contribution is -1.98. The third kappa shape index (κ3) is 3.19. The van der Waals surface area contributed by atoms with Gasteiger partial charge in [0.05, 0.1) is 20.3 Å². The molecule has 1 N–H and O–H groups in total. The van der Waals surface area contributed by atoms with Crippen LogP contribution in [0.2, 0.25) is 0 Å². The summed E-state index contributed by atoms with van der Waals surface area (Å²) in [7, 11) is 1.55. The van der Waals surface area contributed by atoms with Crippen molar-refractivity contribution in [1.82, 2.24) is 4.98 Å². The van der Waals surface area contributed by atoms with Gasteiger partial charge in [-0.25, -0.2) is 4.98 Å². The molecule has 0 unspecified atom stereocenters. The van der Waals surface area contributed by atoms with Gasteiger partial charge in [0.25, 0.3) is 5.88 Å². The molecule has 0 aliphatic heterocycles. The van der Waals surface area contributed by atoms with Crippen molar-refractivity contribution in [2.24, 2.45) is 0 Å². The Balaban J connectivity index is 2.30. The van der Waals surface area contributed by atoms with Crippen LogP contribution in [0.15, 0.2) is 36.5 Å². The van der Waals surface area contributed by atoms with E-state index in [4.69, 9.17) is 19.3 Å². The number of pyridine rings is 1. The van der Waals surface area contributed by atoms with Gasteiger partial charge in [0.2, 0.25) is 0 Å². The minimum Gasteiger partial charge on any atom is -0.493 e. The quantitative estimate of drug-likeness (QED) is 0.878. The largest absolute Gasteiger partial charge is 0.493 e. The predicted octanol–water partition coefficient (Wildman–Crippen LogP) is 2.77. The van der Waals surface area contributed by atoms with Crippen LogP contribution in [0.3, 0.4) is 0 Å². The van der Waals surface area contributed by atoms with Crippen LogP contribution in [-0.4, -0.2) is 23.8 Å². The van der Waals surface area contributed by atoms with Crippen LogP contribution in [0.25, 0.3) is 0 Å². The maximum absolute atomic E-state index is 9.12. The summed E-state index contributed by atoms with van der Waals surface area (Å²) in [5.41, 5.74) is 0.750. The molecule has 0 amide bonds. The van der Waals surface area contributed by atoms with Crippen molar-refractivity contribution in [1.29, 1.82) is 0 Å². The predicted molar refractivity (Wildman–Crippen MR) is 74.4 cm³/mol. The number of nitrogens with zero attached hydrogens (tertiary/aromatic N) is 1. The Morgan fingerprint density at radius 1 is 1.15 bits per heavy atom. The number of aromatic nitrogens is 1. The van der Waals surface area contributed by atoms with E-state index >= 15 is 0 Å². The third-order valence-electron chi connectivity index (χ3n) is 2.65. The standard InChI is InChI=1S/C15H17NO4/c1-3-19-13-5-4-8-16-15(13)20-12-7-6-11(10-17)9-14(12)18-2/h4-9,17H,3,10H2,1-2H3. The normalized spacial score (nSPS) is 10.2. The van der Waals surface area contributed by atoms with Crippen molar-refractivity contribution in [2.45, 2.75) is 13.5 Å². The Morgan fingerprint density at radius 2 is 2.00 bits per heavy atom. The van der Waals surface area contributed by atoms with E-state index < -0.39 is 0 Å². The lowest BCUT2D eigenvalue weighted by atomic mass is 10.2. The molecular weight excluding hydrogens is 258 g/mol. The number of hydrogen-bond acceptors (Lipinski definition) is 5. The summed E-state index contributed by atoms with van der Waals surface area (Å²) in [5, 5.41) is 9.12. The van der Waals surface area contributed by atoms with E-state index in [2.05, 4.69) is 4.98 Å². The van der Waals surface area contributed by atoms with Crippen molar-refractivity contribution in [3.63, 3.8) is 0 Å². The molecular formula is C15H17NO4. The Labute approximate surface area is 117 Å². The molecule has 0 saturated heterocycles. The Bertz CT molecular complexity index is 572. The van der Waals surface area contributed by atoms with E-state index in [9.17, 15) is 0 Å². The molecule has 2 rings (SSSR count). The Morgan fingerprint density at radius 3 is 2.70 bits per heavy atom. The van der Waals surface area contributed by atoms with Crippen LogP contribution in [-0.2, 0) is 6.61 Å². The number of ether oxygens (including phenoxy) is 3. The SMILES string of the molecule is CCOc1cccnc1Oc1ccc(CO)cc1OC. The number of hydrogen-bond donors (Lipinski definition) is 1. The highest BCUT2D eigenvalue weighted by Gasteiger charge is 2.11. The average molecular weight is 275 g/mol. The minimum atomic E-state index is -0.0512. The first-order valence-electron chi connectivity index (χ1n) is 6.32. The first kappa shape index (κ1) is 14.1. The van der Waals surface area contributed by atoms with E-state index in [0.717, 1.165) is 5.56 Å². The molecule has 1 aromatic carbocycles. The number of benzene rings is 1. The minimum absolute atomic E-state index is 0.0512. The van der Waals surface area contributed by atoms with Crippen LogP contribution in [0, 0.1) is 0 Å². The molecule has 0 bridgehead atoms. The topological polar surface area (TPSA) is 60.8 Å². The Kier molecular flexibility index (Phi) is 4.79. The summed E-state index contributed by atoms with van der Waals surface area (Å²) in [6, 6.07) is 8.79. The smallest absolute Gasteiger partial charge is 0.262 e. The summed E-state index contributed by atoms with van der Waals surface area (Å²) in [6.45, 7) is 2.38. The molecule has 0 radical (unpaired) electrons. The van der Waals surface area contributed by atoms with Gasteiger partial charge in [-0.1, -0.05) is 6.07 Å². The van der Waals surface area contributed by atoms with Gasteiger partial charge >= 0.3 is 0 Å². The molecule has 1 heterocycles. The summed E-state index contributed by atoms with van der Waals surface area (Å²) in [5.74, 6) is 2.00. The summed E-state index contributed by atoms with van der Waals surface area (Å²) in [4.78, 5) is 4.16. The molecule has 1 aromatic heterocycles. The van der Waals surface area contributed by atoms with Gasteiger partial charge in [0.1, 0.15) is 0 Å². The molecule has 2 aromatic rings. The maximum atomic E-state index is 9.12. The van der Waals surface area contributed by atoms with E-state index in [0.29, 0.717) is 29.7 Å². The van der Waals surface area contributed by atoms with Crippen LogP contribution in [0.5, 0.6) is 23.1 Å². The fourth-order valence-corrected chi connectivity index (χ4v) is 1.72. The fourth-order valence-electron chi connectivity index (χ4n) is 1.72. The van der Waals surface area contributed by atoms with Gasteiger partial charge in [-0.2, -0.15) is 0 Å². The van der Waals surface area contributed by atoms with Crippen LogP contribution < -0.4 is 14.2 Å². The highest BCUT2D eigenvalue weighted by Crippen LogP contribution is 2.35. The monoisotopic (exact) mass is 275 g/mol. The molecule has 0 atom stereocenters. The van der Waals surface area contributed by atoms with Crippen molar-refractivity contribution < 1.29 is 19.3 Å². The average Bonchev–Trinajstić information content (AvgIpc) is 2.50. The van der Waals surface area contributed by atoms with Gasteiger partial charge in [-0.05, 0) is 36.8 Å². The highest BCUT2D eigenvalue weighted by molar-refractivity contribution is 5.46. The molecule has 0 aliphatic rings. The first-order valence-corrected chi connectivity index (χ1v) is 6.32. The van der Waals surface area contributed by atoms with E-state index in [-0.39, 0.29) is 6.61 Å². The third-order valence-corrected chi connectivity index (χ3v) is 2.65. The van der Waals surface area contributed by atoms with E-state index in [1.54, 1.807) is 43.6 Å². The second-order valence-corrected chi connectivity index (χ2v) is 3.99. The van der Waals surface area contributed by atoms with Crippen LogP contribution in [0.1, 0.15) is 12.5 Å². The van der Waals surface area contributed by atoms with Crippen LogP contribution >= 0.6 is 0 Å². The fraction of sp³-hybridized carbons (Fsp3) is 0.267. The second kappa shape index (κ2) is 6.77. The first-order chi connectivity index (χ1) is 9.78. The molecule has 0 aliphatic carbocycles. The van der Waals surface area contributed by atoms with Crippen molar-refractivity contribution >= 4 is 0 Å². The van der Waals surface area contributed by atoms with Gasteiger partial charge < -0.3 is 19.3 Å². The number of aliphatic hydroxyl groups excluding tert-OH is 1. The van der Waals surface area contributed by atoms with Gasteiger partial charge in [-0.3, -0.25) is 0 Å². The number of rotatable bonds is 6. The maximum Gasteiger partial charge on any atom is 0.262 e. The van der Waals surface area contributed by atoms with Crippen LogP contribution in [0.4, 0.5) is 0 Å². The zero-order chi connectivity index (χ0) is 14.4. The molecule has 0 spiro atoms. The van der Waals surface area contributed by atoms with Crippen molar-refractivity contribution in [3.8, 4) is 23.1 Å². The second-order valence-electron chi connectivity index (χ2n) is 3.99. The zero-order valence-corrected chi connectivity index (χ0v) is 11.5. The molecule has 5 nitrogen and oxygen atoms in total. The highest BCUT2D eigenvalue weighted by atomic mass is 16.5. The molecule has 106 valence electrons. The lowest BCUT2D eigenvalue weighted by molar-refractivity contribution is 0.280. The molecule has 20 heavy (non-hydrogen) atoms. The number of aliphatic hydroxyl groups is 1. The van der Waals surface area contributed by atoms with E-state index in [1.807, 2.05) is 6.92 Å². The van der Waals surface area contributed by atoms with Gasteiger partial charge in [-0.15, -0.1) is 0 Å². The molecule has 5 heteroatoms. The summed E-state index contributed by atoms with van der Waals surface area (Å²) >= 11 is 0. The summed E-state index contributed by atoms with van der Waals surface area (Å²) < 4.78 is 16.5. The summed E-state index contributed by atoms with van der Waals surface area (Å²) in [6.07, 6.45) is 1.63. The van der Waals surface area contributed by atoms with Crippen molar-refractivity contribution in [2.75, 3.05) is 13.7 Å². The molecule has 0 saturated carbocycles.